The Kier molecular flexibility index (Phi) is 2.92. The molecule has 0 N–H and O–H groups in total. The molecule has 2 unspecified atom stereocenters. The molecule has 1 aliphatic carbocycles. The fourth-order valence-electron chi connectivity index (χ4n) is 3.15. The number of halogens is 3. The third-order valence-corrected chi connectivity index (χ3v) is 4.19. The van der Waals surface area contributed by atoms with Crippen molar-refractivity contribution in [1.82, 2.24) is 9.97 Å². The van der Waals surface area contributed by atoms with Crippen LogP contribution in [0, 0.1) is 0 Å². The molecule has 7 heteroatoms. The summed E-state index contributed by atoms with van der Waals surface area (Å²) in [4.78, 5) is 9.40. The number of allylic oxidation sites excluding steroid dienone is 2. The summed E-state index contributed by atoms with van der Waals surface area (Å²) in [5.41, 5.74) is 0.342. The van der Waals surface area contributed by atoms with Gasteiger partial charge in [0.1, 0.15) is 6.10 Å². The number of hydrogen-bond donors (Lipinski definition) is 0. The van der Waals surface area contributed by atoms with Crippen LogP contribution in [0.15, 0.2) is 24.3 Å². The molecule has 2 atom stereocenters. The van der Waals surface area contributed by atoms with Crippen LogP contribution in [0.2, 0.25) is 0 Å². The molecule has 1 saturated heterocycles. The van der Waals surface area contributed by atoms with Gasteiger partial charge in [-0.1, -0.05) is 18.2 Å². The van der Waals surface area contributed by atoms with Crippen LogP contribution in [-0.4, -0.2) is 29.2 Å². The minimum atomic E-state index is -4.56. The smallest absolute Gasteiger partial charge is 0.451 e. The predicted molar refractivity (Wildman–Crippen MR) is 73.9 cm³/mol. The van der Waals surface area contributed by atoms with Crippen LogP contribution in [-0.2, 0) is 6.18 Å². The van der Waals surface area contributed by atoms with Gasteiger partial charge in [0.05, 0.1) is 11.6 Å². The monoisotopic (exact) mass is 309 g/mol. The van der Waals surface area contributed by atoms with Gasteiger partial charge in [-0.25, -0.2) is 9.97 Å². The zero-order valence-electron chi connectivity index (χ0n) is 11.7. The summed E-state index contributed by atoms with van der Waals surface area (Å²) in [7, 11) is 0. The lowest BCUT2D eigenvalue weighted by Gasteiger charge is -2.20. The molecule has 2 aliphatic heterocycles. The average Bonchev–Trinajstić information content (AvgIpc) is 3.12. The molecule has 116 valence electrons. The zero-order chi connectivity index (χ0) is 15.3. The summed E-state index contributed by atoms with van der Waals surface area (Å²) < 4.78 is 45.2. The Morgan fingerprint density at radius 1 is 1.09 bits per heavy atom. The van der Waals surface area contributed by atoms with Gasteiger partial charge in [-0.05, 0) is 18.9 Å². The molecule has 1 aromatic heterocycles. The molecule has 1 fully saturated rings. The molecule has 0 spiro atoms. The Balaban J connectivity index is 1.86. The van der Waals surface area contributed by atoms with E-state index in [1.807, 2.05) is 29.2 Å². The molecule has 0 radical (unpaired) electrons. The molecule has 4 nitrogen and oxygen atoms in total. The minimum Gasteiger partial charge on any atom is -0.479 e. The van der Waals surface area contributed by atoms with Crippen LogP contribution in [0.25, 0.3) is 0 Å². The lowest BCUT2D eigenvalue weighted by atomic mass is 9.96. The first-order valence-corrected chi connectivity index (χ1v) is 7.30. The Labute approximate surface area is 125 Å². The molecule has 0 amide bonds. The van der Waals surface area contributed by atoms with E-state index < -0.39 is 12.0 Å². The maximum Gasteiger partial charge on any atom is 0.451 e. The molecule has 4 rings (SSSR count). The molecule has 22 heavy (non-hydrogen) atoms. The molecule has 0 saturated carbocycles. The lowest BCUT2D eigenvalue weighted by molar-refractivity contribution is -0.145. The third kappa shape index (κ3) is 2.07. The number of ether oxygens (including phenoxy) is 1. The standard InChI is InChI=1S/C15H14F3N3O/c16-15(17,18)14-19-11-9-5-1-2-6-10(9)22-12(11)13(20-14)21-7-3-4-8-21/h1-2,5-6,9-10H,3-4,7-8H2. The molecule has 0 bridgehead atoms. The van der Waals surface area contributed by atoms with E-state index in [-0.39, 0.29) is 17.8 Å². The van der Waals surface area contributed by atoms with Gasteiger partial charge in [-0.3, -0.25) is 0 Å². The number of alkyl halides is 3. The van der Waals surface area contributed by atoms with Crippen molar-refractivity contribution in [3.8, 4) is 5.75 Å². The first-order chi connectivity index (χ1) is 10.5. The van der Waals surface area contributed by atoms with Gasteiger partial charge < -0.3 is 9.64 Å². The van der Waals surface area contributed by atoms with E-state index in [1.165, 1.54) is 0 Å². The largest absolute Gasteiger partial charge is 0.479 e. The second kappa shape index (κ2) is 4.72. The molecular weight excluding hydrogens is 295 g/mol. The van der Waals surface area contributed by atoms with Crippen LogP contribution in [0.1, 0.15) is 30.3 Å². The summed E-state index contributed by atoms with van der Waals surface area (Å²) in [6.45, 7) is 1.40. The molecule has 3 heterocycles. The molecule has 1 aromatic rings. The third-order valence-electron chi connectivity index (χ3n) is 4.19. The Bertz CT molecular complexity index is 663. The van der Waals surface area contributed by atoms with E-state index in [2.05, 4.69) is 9.97 Å². The first kappa shape index (κ1) is 13.6. The van der Waals surface area contributed by atoms with Crippen molar-refractivity contribution in [2.24, 2.45) is 0 Å². The lowest BCUT2D eigenvalue weighted by Crippen LogP contribution is -2.23. The number of hydrogen-bond acceptors (Lipinski definition) is 4. The first-order valence-electron chi connectivity index (χ1n) is 7.30. The van der Waals surface area contributed by atoms with Gasteiger partial charge in [-0.15, -0.1) is 0 Å². The van der Waals surface area contributed by atoms with Crippen molar-refractivity contribution in [2.75, 3.05) is 18.0 Å². The van der Waals surface area contributed by atoms with Gasteiger partial charge in [0.15, 0.2) is 11.6 Å². The normalized spacial score (nSPS) is 26.0. The van der Waals surface area contributed by atoms with Crippen molar-refractivity contribution < 1.29 is 17.9 Å². The van der Waals surface area contributed by atoms with Crippen LogP contribution in [0.3, 0.4) is 0 Å². The summed E-state index contributed by atoms with van der Waals surface area (Å²) in [5, 5.41) is 0. The van der Waals surface area contributed by atoms with E-state index in [9.17, 15) is 13.2 Å². The van der Waals surface area contributed by atoms with E-state index in [4.69, 9.17) is 4.74 Å². The fraction of sp³-hybridized carbons (Fsp3) is 0.467. The van der Waals surface area contributed by atoms with Crippen molar-refractivity contribution in [3.05, 3.63) is 35.8 Å². The maximum absolute atomic E-state index is 13.1. The number of anilines is 1. The number of rotatable bonds is 1. The van der Waals surface area contributed by atoms with Gasteiger partial charge in [0.2, 0.25) is 5.82 Å². The summed E-state index contributed by atoms with van der Waals surface area (Å²) >= 11 is 0. The minimum absolute atomic E-state index is 0.273. The Morgan fingerprint density at radius 3 is 2.55 bits per heavy atom. The second-order valence-electron chi connectivity index (χ2n) is 5.66. The van der Waals surface area contributed by atoms with E-state index in [0.29, 0.717) is 24.5 Å². The highest BCUT2D eigenvalue weighted by Crippen LogP contribution is 2.46. The highest BCUT2D eigenvalue weighted by molar-refractivity contribution is 5.60. The highest BCUT2D eigenvalue weighted by Gasteiger charge is 2.43. The number of aromatic nitrogens is 2. The second-order valence-corrected chi connectivity index (χ2v) is 5.66. The van der Waals surface area contributed by atoms with Crippen molar-refractivity contribution in [2.45, 2.75) is 31.0 Å². The van der Waals surface area contributed by atoms with Crippen LogP contribution < -0.4 is 9.64 Å². The van der Waals surface area contributed by atoms with E-state index >= 15 is 0 Å². The van der Waals surface area contributed by atoms with E-state index in [0.717, 1.165) is 12.8 Å². The van der Waals surface area contributed by atoms with Gasteiger partial charge in [0.25, 0.3) is 0 Å². The van der Waals surface area contributed by atoms with Gasteiger partial charge >= 0.3 is 6.18 Å². The summed E-state index contributed by atoms with van der Waals surface area (Å²) in [5.74, 6) is -0.669. The quantitative estimate of drug-likeness (QED) is 0.799. The SMILES string of the molecule is FC(F)(F)c1nc2c(c(N3CCCC3)n1)OC1C=CC=CC21. The number of fused-ring (bicyclic) bond motifs is 3. The fourth-order valence-corrected chi connectivity index (χ4v) is 3.15. The predicted octanol–water partition coefficient (Wildman–Crippen LogP) is 3.07. The van der Waals surface area contributed by atoms with Crippen molar-refractivity contribution in [3.63, 3.8) is 0 Å². The van der Waals surface area contributed by atoms with Crippen LogP contribution in [0.5, 0.6) is 5.75 Å². The maximum atomic E-state index is 13.1. The summed E-state index contributed by atoms with van der Waals surface area (Å²) in [6, 6.07) is 0. The Hall–Kier alpha value is -2.05. The molecule has 3 aliphatic rings. The van der Waals surface area contributed by atoms with Crippen LogP contribution in [0.4, 0.5) is 19.0 Å². The van der Waals surface area contributed by atoms with E-state index in [1.54, 1.807) is 0 Å². The van der Waals surface area contributed by atoms with Crippen molar-refractivity contribution in [1.29, 1.82) is 0 Å². The topological polar surface area (TPSA) is 38.2 Å². The molecular formula is C15H14F3N3O. The van der Waals surface area contributed by atoms with Gasteiger partial charge in [-0.2, -0.15) is 13.2 Å². The Morgan fingerprint density at radius 2 is 1.82 bits per heavy atom. The molecule has 0 aromatic carbocycles. The number of nitrogens with zero attached hydrogens (tertiary/aromatic N) is 3. The van der Waals surface area contributed by atoms with Crippen molar-refractivity contribution >= 4 is 5.82 Å². The zero-order valence-corrected chi connectivity index (χ0v) is 11.7. The van der Waals surface area contributed by atoms with Gasteiger partial charge in [0, 0.05) is 13.1 Å². The average molecular weight is 309 g/mol. The van der Waals surface area contributed by atoms with Crippen LogP contribution >= 0.6 is 0 Å². The summed E-state index contributed by atoms with van der Waals surface area (Å²) in [6.07, 6.45) is 4.37. The highest BCUT2D eigenvalue weighted by atomic mass is 19.4.